The van der Waals surface area contributed by atoms with Crippen molar-refractivity contribution >= 4 is 20.1 Å². The maximum absolute atomic E-state index is 12.0. The fraction of sp³-hybridized carbons (Fsp3) is 0.733. The van der Waals surface area contributed by atoms with Crippen molar-refractivity contribution in [3.63, 3.8) is 0 Å². The van der Waals surface area contributed by atoms with Gasteiger partial charge >= 0.3 is 5.97 Å². The Labute approximate surface area is 122 Å². The van der Waals surface area contributed by atoms with E-state index in [0.717, 1.165) is 5.57 Å². The van der Waals surface area contributed by atoms with Gasteiger partial charge in [-0.25, -0.2) is 4.79 Å². The molecule has 0 heterocycles. The Bertz CT molecular complexity index is 418. The fourth-order valence-corrected chi connectivity index (χ4v) is 3.58. The van der Waals surface area contributed by atoms with Crippen LogP contribution in [0, 0.1) is 5.92 Å². The minimum absolute atomic E-state index is 0.108. The first-order valence-corrected chi connectivity index (χ1v) is 10.7. The van der Waals surface area contributed by atoms with Gasteiger partial charge in [-0.1, -0.05) is 13.8 Å². The van der Waals surface area contributed by atoms with E-state index in [-0.39, 0.29) is 30.0 Å². The molecule has 0 radical (unpaired) electrons. The third-order valence-corrected chi connectivity index (χ3v) is 4.09. The quantitative estimate of drug-likeness (QED) is 0.429. The molecule has 4 nitrogen and oxygen atoms in total. The molecule has 0 saturated heterocycles. The third-order valence-electron chi connectivity index (χ3n) is 3.13. The van der Waals surface area contributed by atoms with Gasteiger partial charge in [0.05, 0.1) is 12.7 Å². The minimum atomic E-state index is -1.75. The second kappa shape index (κ2) is 6.67. The van der Waals surface area contributed by atoms with Crippen LogP contribution in [0.2, 0.25) is 19.6 Å². The molecule has 114 valence electrons. The Morgan fingerprint density at radius 3 is 2.30 bits per heavy atom. The average molecular weight is 298 g/mol. The van der Waals surface area contributed by atoms with Crippen molar-refractivity contribution in [2.24, 2.45) is 5.92 Å². The van der Waals surface area contributed by atoms with E-state index in [1.54, 1.807) is 6.92 Å². The fourth-order valence-electron chi connectivity index (χ4n) is 2.40. The van der Waals surface area contributed by atoms with Crippen LogP contribution in [0.3, 0.4) is 0 Å². The summed E-state index contributed by atoms with van der Waals surface area (Å²) in [6.07, 6.45) is 0.842. The number of esters is 1. The molecule has 0 bridgehead atoms. The largest absolute Gasteiger partial charge is 0.462 e. The van der Waals surface area contributed by atoms with E-state index in [9.17, 15) is 9.59 Å². The van der Waals surface area contributed by atoms with Gasteiger partial charge in [0, 0.05) is 6.42 Å². The second-order valence-corrected chi connectivity index (χ2v) is 10.9. The Hall–Kier alpha value is -0.943. The maximum Gasteiger partial charge on any atom is 0.341 e. The van der Waals surface area contributed by atoms with Crippen LogP contribution in [0.25, 0.3) is 0 Å². The first-order chi connectivity index (χ1) is 9.17. The minimum Gasteiger partial charge on any atom is -0.462 e. The molecule has 0 aromatic heterocycles. The number of rotatable bonds is 6. The summed E-state index contributed by atoms with van der Waals surface area (Å²) in [4.78, 5) is 24.0. The average Bonchev–Trinajstić information content (AvgIpc) is 2.66. The van der Waals surface area contributed by atoms with E-state index in [1.165, 1.54) is 0 Å². The monoisotopic (exact) mass is 298 g/mol. The van der Waals surface area contributed by atoms with Crippen LogP contribution in [0.4, 0.5) is 0 Å². The lowest BCUT2D eigenvalue weighted by Crippen LogP contribution is -2.36. The lowest BCUT2D eigenvalue weighted by Gasteiger charge is -2.30. The molecule has 0 amide bonds. The van der Waals surface area contributed by atoms with E-state index in [2.05, 4.69) is 33.5 Å². The molecule has 0 aromatic rings. The summed E-state index contributed by atoms with van der Waals surface area (Å²) in [5.41, 5.74) is 1.08. The predicted octanol–water partition coefficient (Wildman–Crippen LogP) is 3.09. The maximum atomic E-state index is 12.0. The van der Waals surface area contributed by atoms with Gasteiger partial charge in [-0.05, 0) is 44.5 Å². The van der Waals surface area contributed by atoms with Gasteiger partial charge in [-0.3, -0.25) is 4.79 Å². The Balaban J connectivity index is 3.14. The summed E-state index contributed by atoms with van der Waals surface area (Å²) < 4.78 is 11.2. The van der Waals surface area contributed by atoms with Gasteiger partial charge < -0.3 is 9.16 Å². The molecule has 0 N–H and O–H groups in total. The zero-order valence-electron chi connectivity index (χ0n) is 13.4. The van der Waals surface area contributed by atoms with Gasteiger partial charge in [0.15, 0.2) is 14.1 Å². The highest BCUT2D eigenvalue weighted by Crippen LogP contribution is 2.33. The molecular formula is C15H26O4Si. The van der Waals surface area contributed by atoms with Crippen LogP contribution >= 0.6 is 0 Å². The molecule has 0 fully saturated rings. The van der Waals surface area contributed by atoms with E-state index >= 15 is 0 Å². The van der Waals surface area contributed by atoms with Crippen LogP contribution < -0.4 is 0 Å². The highest BCUT2D eigenvalue weighted by Gasteiger charge is 2.36. The van der Waals surface area contributed by atoms with Crippen molar-refractivity contribution < 1.29 is 18.8 Å². The Kier molecular flexibility index (Phi) is 5.71. The molecule has 1 aliphatic carbocycles. The molecule has 5 heteroatoms. The topological polar surface area (TPSA) is 52.6 Å². The summed E-state index contributed by atoms with van der Waals surface area (Å²) in [7, 11) is -1.75. The third kappa shape index (κ3) is 4.28. The van der Waals surface area contributed by atoms with Crippen molar-refractivity contribution in [2.45, 2.75) is 59.4 Å². The van der Waals surface area contributed by atoms with Crippen LogP contribution in [-0.4, -0.2) is 32.8 Å². The highest BCUT2D eigenvalue weighted by atomic mass is 28.4. The lowest BCUT2D eigenvalue weighted by atomic mass is 9.96. The number of Topliss-reactive ketones (excluding diaryl/α,β-unsaturated/α-hetero) is 1. The number of ether oxygens (including phenoxy) is 1. The van der Waals surface area contributed by atoms with Crippen LogP contribution in [0.5, 0.6) is 0 Å². The number of hydrogen-bond acceptors (Lipinski definition) is 4. The molecule has 1 aliphatic rings. The highest BCUT2D eigenvalue weighted by molar-refractivity contribution is 6.69. The summed E-state index contributed by atoms with van der Waals surface area (Å²) >= 11 is 0. The first kappa shape index (κ1) is 17.1. The second-order valence-electron chi connectivity index (χ2n) is 6.44. The number of ketones is 1. The van der Waals surface area contributed by atoms with Gasteiger partial charge in [0.1, 0.15) is 5.57 Å². The van der Waals surface area contributed by atoms with E-state index in [4.69, 9.17) is 9.16 Å². The van der Waals surface area contributed by atoms with Gasteiger partial charge in [0.2, 0.25) is 0 Å². The molecule has 1 unspecified atom stereocenters. The normalized spacial score (nSPS) is 17.9. The van der Waals surface area contributed by atoms with Gasteiger partial charge in [-0.15, -0.1) is 0 Å². The van der Waals surface area contributed by atoms with E-state index < -0.39 is 14.3 Å². The van der Waals surface area contributed by atoms with Crippen molar-refractivity contribution in [1.29, 1.82) is 0 Å². The molecule has 0 spiro atoms. The van der Waals surface area contributed by atoms with E-state index in [0.29, 0.717) is 12.8 Å². The van der Waals surface area contributed by atoms with Crippen molar-refractivity contribution in [3.05, 3.63) is 11.1 Å². The predicted molar refractivity (Wildman–Crippen MR) is 81.0 cm³/mol. The van der Waals surface area contributed by atoms with Gasteiger partial charge in [0.25, 0.3) is 0 Å². The Morgan fingerprint density at radius 1 is 1.25 bits per heavy atom. The van der Waals surface area contributed by atoms with Gasteiger partial charge in [-0.2, -0.15) is 0 Å². The van der Waals surface area contributed by atoms with E-state index in [1.807, 2.05) is 0 Å². The number of hydrogen-bond donors (Lipinski definition) is 0. The van der Waals surface area contributed by atoms with Crippen LogP contribution in [0.15, 0.2) is 11.1 Å². The van der Waals surface area contributed by atoms with Crippen LogP contribution in [0.1, 0.15) is 33.6 Å². The zero-order valence-corrected chi connectivity index (χ0v) is 14.4. The standard InChI is InChI=1S/C15H26O4Si/c1-7-18-15(17)13-11(8-9-12(13)16)14(10(2)3)19-20(4,5)6/h10,14H,7-9H2,1-6H3. The van der Waals surface area contributed by atoms with Crippen molar-refractivity contribution in [1.82, 2.24) is 0 Å². The number of carbonyl (C=O) groups is 2. The first-order valence-electron chi connectivity index (χ1n) is 7.28. The molecule has 1 rings (SSSR count). The van der Waals surface area contributed by atoms with Crippen molar-refractivity contribution in [3.8, 4) is 0 Å². The summed E-state index contributed by atoms with van der Waals surface area (Å²) in [6, 6.07) is 0. The SMILES string of the molecule is CCOC(=O)C1=C(C(O[Si](C)(C)C)C(C)C)CCC1=O. The Morgan fingerprint density at radius 2 is 1.85 bits per heavy atom. The summed E-state index contributed by atoms with van der Waals surface area (Å²) in [5.74, 6) is -0.370. The molecule has 0 saturated carbocycles. The summed E-state index contributed by atoms with van der Waals surface area (Å²) in [5, 5.41) is 0. The smallest absolute Gasteiger partial charge is 0.341 e. The summed E-state index contributed by atoms with van der Waals surface area (Å²) in [6.45, 7) is 12.5. The van der Waals surface area contributed by atoms with Crippen LogP contribution in [-0.2, 0) is 18.8 Å². The molecule has 0 aliphatic heterocycles. The molecular weight excluding hydrogens is 272 g/mol. The zero-order chi connectivity index (χ0) is 15.5. The van der Waals surface area contributed by atoms with Crippen molar-refractivity contribution in [2.75, 3.05) is 6.61 Å². The lowest BCUT2D eigenvalue weighted by molar-refractivity contribution is -0.139. The number of carbonyl (C=O) groups excluding carboxylic acids is 2. The molecule has 1 atom stereocenters. The molecule has 20 heavy (non-hydrogen) atoms. The molecule has 0 aromatic carbocycles.